The Labute approximate surface area is 183 Å². The molecule has 0 aliphatic carbocycles. The van der Waals surface area contributed by atoms with Crippen LogP contribution < -0.4 is 10.6 Å². The van der Waals surface area contributed by atoms with Gasteiger partial charge in [-0.25, -0.2) is 4.79 Å². The molecular weight excluding hydrogens is 384 g/mol. The number of fused-ring (bicyclic) bond motifs is 3. The third-order valence-corrected chi connectivity index (χ3v) is 6.82. The Balaban J connectivity index is 1.11. The number of pyridine rings is 1. The van der Waals surface area contributed by atoms with Crippen LogP contribution in [0.3, 0.4) is 0 Å². The maximum atomic E-state index is 12.5. The number of para-hydroxylation sites is 1. The summed E-state index contributed by atoms with van der Waals surface area (Å²) in [6.07, 6.45) is 7.18. The highest BCUT2D eigenvalue weighted by molar-refractivity contribution is 5.81. The van der Waals surface area contributed by atoms with Crippen LogP contribution in [0, 0.1) is 0 Å². The van der Waals surface area contributed by atoms with Crippen LogP contribution in [0.1, 0.15) is 36.8 Å². The first-order valence-electron chi connectivity index (χ1n) is 11.4. The summed E-state index contributed by atoms with van der Waals surface area (Å²) in [7, 11) is 0. The lowest BCUT2D eigenvalue weighted by molar-refractivity contribution is 0.111. The number of nitrogens with zero attached hydrogens (tertiary/aromatic N) is 2. The van der Waals surface area contributed by atoms with Gasteiger partial charge in [0.25, 0.3) is 0 Å². The fourth-order valence-electron chi connectivity index (χ4n) is 5.36. The van der Waals surface area contributed by atoms with Gasteiger partial charge in [-0.1, -0.05) is 54.6 Å². The molecule has 2 N–H and O–H groups in total. The molecule has 31 heavy (non-hydrogen) atoms. The molecule has 2 amide bonds. The summed E-state index contributed by atoms with van der Waals surface area (Å²) in [6, 6.07) is 22.3. The molecule has 0 spiro atoms. The van der Waals surface area contributed by atoms with Crippen LogP contribution in [0.4, 0.5) is 4.79 Å². The maximum Gasteiger partial charge on any atom is 0.315 e. The Morgan fingerprint density at radius 3 is 2.55 bits per heavy atom. The molecule has 1 aromatic heterocycles. The minimum Gasteiger partial charge on any atom is -0.338 e. The number of hydrogen-bond acceptors (Lipinski definition) is 3. The molecular formula is C26H30N4O. The minimum absolute atomic E-state index is 0.0471. The summed E-state index contributed by atoms with van der Waals surface area (Å²) in [6.45, 7) is 1.63. The van der Waals surface area contributed by atoms with Gasteiger partial charge in [0.15, 0.2) is 0 Å². The van der Waals surface area contributed by atoms with Crippen LogP contribution in [-0.2, 0) is 13.0 Å². The van der Waals surface area contributed by atoms with Gasteiger partial charge in [-0.15, -0.1) is 0 Å². The van der Waals surface area contributed by atoms with E-state index in [4.69, 9.17) is 0 Å². The van der Waals surface area contributed by atoms with Crippen molar-refractivity contribution in [3.05, 3.63) is 78.0 Å². The van der Waals surface area contributed by atoms with Crippen LogP contribution in [0.5, 0.6) is 0 Å². The first kappa shape index (κ1) is 20.0. The van der Waals surface area contributed by atoms with E-state index < -0.39 is 0 Å². The van der Waals surface area contributed by atoms with Crippen LogP contribution >= 0.6 is 0 Å². The second-order valence-electron chi connectivity index (χ2n) is 8.85. The summed E-state index contributed by atoms with van der Waals surface area (Å²) < 4.78 is 0. The molecule has 0 radical (unpaired) electrons. The van der Waals surface area contributed by atoms with E-state index in [1.165, 1.54) is 24.0 Å². The molecule has 5 heteroatoms. The SMILES string of the molecule is O=C(NCCc1cccc2cccnc12)NC1CC2CCC(C1)N2Cc1ccccc1. The molecule has 2 aromatic carbocycles. The van der Waals surface area contributed by atoms with Crippen molar-refractivity contribution in [2.75, 3.05) is 6.54 Å². The maximum absolute atomic E-state index is 12.5. The van der Waals surface area contributed by atoms with Crippen molar-refractivity contribution >= 4 is 16.9 Å². The Hall–Kier alpha value is -2.92. The van der Waals surface area contributed by atoms with Gasteiger partial charge in [0.1, 0.15) is 0 Å². The number of rotatable bonds is 6. The zero-order valence-corrected chi connectivity index (χ0v) is 17.8. The van der Waals surface area contributed by atoms with Crippen LogP contribution in [0.15, 0.2) is 66.9 Å². The van der Waals surface area contributed by atoms with Crippen LogP contribution in [-0.4, -0.2) is 40.6 Å². The van der Waals surface area contributed by atoms with Gasteiger partial charge in [-0.3, -0.25) is 9.88 Å². The van der Waals surface area contributed by atoms with Crippen molar-refractivity contribution in [2.45, 2.75) is 56.8 Å². The smallest absolute Gasteiger partial charge is 0.315 e. The zero-order chi connectivity index (χ0) is 21.0. The summed E-state index contributed by atoms with van der Waals surface area (Å²) in [5, 5.41) is 7.43. The van der Waals surface area contributed by atoms with Crippen molar-refractivity contribution < 1.29 is 4.79 Å². The molecule has 2 bridgehead atoms. The quantitative estimate of drug-likeness (QED) is 0.633. The molecule has 3 heterocycles. The molecule has 5 nitrogen and oxygen atoms in total. The average Bonchev–Trinajstić information content (AvgIpc) is 3.02. The summed E-state index contributed by atoms with van der Waals surface area (Å²) in [5.41, 5.74) is 3.58. The van der Waals surface area contributed by atoms with Gasteiger partial charge in [-0.05, 0) is 49.3 Å². The summed E-state index contributed by atoms with van der Waals surface area (Å²) >= 11 is 0. The topological polar surface area (TPSA) is 57.3 Å². The number of benzene rings is 2. The predicted molar refractivity (Wildman–Crippen MR) is 124 cm³/mol. The fraction of sp³-hybridized carbons (Fsp3) is 0.385. The number of piperidine rings is 1. The van der Waals surface area contributed by atoms with Crippen LogP contribution in [0.2, 0.25) is 0 Å². The lowest BCUT2D eigenvalue weighted by atomic mass is 9.96. The summed E-state index contributed by atoms with van der Waals surface area (Å²) in [5.74, 6) is 0. The summed E-state index contributed by atoms with van der Waals surface area (Å²) in [4.78, 5) is 19.7. The van der Waals surface area contributed by atoms with Gasteiger partial charge in [0, 0.05) is 42.8 Å². The van der Waals surface area contributed by atoms with Gasteiger partial charge in [0.2, 0.25) is 0 Å². The monoisotopic (exact) mass is 414 g/mol. The molecule has 2 saturated heterocycles. The first-order chi connectivity index (χ1) is 15.3. The number of carbonyl (C=O) groups is 1. The van der Waals surface area contributed by atoms with Crippen molar-refractivity contribution in [3.8, 4) is 0 Å². The van der Waals surface area contributed by atoms with Gasteiger partial charge in [-0.2, -0.15) is 0 Å². The Bertz CT molecular complexity index is 1020. The van der Waals surface area contributed by atoms with Crippen molar-refractivity contribution in [2.24, 2.45) is 0 Å². The Morgan fingerprint density at radius 1 is 0.968 bits per heavy atom. The molecule has 2 aliphatic rings. The van der Waals surface area contributed by atoms with Crippen LogP contribution in [0.25, 0.3) is 10.9 Å². The van der Waals surface area contributed by atoms with Crippen molar-refractivity contribution in [1.29, 1.82) is 0 Å². The van der Waals surface area contributed by atoms with E-state index in [1.807, 2.05) is 12.3 Å². The number of aromatic nitrogens is 1. The molecule has 5 rings (SSSR count). The van der Waals surface area contributed by atoms with E-state index in [9.17, 15) is 4.79 Å². The van der Waals surface area contributed by atoms with E-state index in [0.29, 0.717) is 18.6 Å². The van der Waals surface area contributed by atoms with E-state index in [-0.39, 0.29) is 12.1 Å². The number of carbonyl (C=O) groups excluding carboxylic acids is 1. The average molecular weight is 415 g/mol. The normalized spacial score (nSPS) is 23.0. The van der Waals surface area contributed by atoms with E-state index in [2.05, 4.69) is 75.1 Å². The van der Waals surface area contributed by atoms with Gasteiger partial charge < -0.3 is 10.6 Å². The lowest BCUT2D eigenvalue weighted by Gasteiger charge is -2.39. The highest BCUT2D eigenvalue weighted by atomic mass is 16.2. The minimum atomic E-state index is -0.0471. The van der Waals surface area contributed by atoms with E-state index in [0.717, 1.165) is 36.7 Å². The van der Waals surface area contributed by atoms with E-state index >= 15 is 0 Å². The number of amides is 2. The second kappa shape index (κ2) is 9.06. The molecule has 160 valence electrons. The fourth-order valence-corrected chi connectivity index (χ4v) is 5.36. The Kier molecular flexibility index (Phi) is 5.85. The third-order valence-electron chi connectivity index (χ3n) is 6.82. The molecule has 2 aliphatic heterocycles. The number of nitrogens with one attached hydrogen (secondary N) is 2. The van der Waals surface area contributed by atoms with Crippen molar-refractivity contribution in [3.63, 3.8) is 0 Å². The molecule has 2 unspecified atom stereocenters. The largest absolute Gasteiger partial charge is 0.338 e. The van der Waals surface area contributed by atoms with Gasteiger partial charge >= 0.3 is 6.03 Å². The highest BCUT2D eigenvalue weighted by Crippen LogP contribution is 2.36. The second-order valence-corrected chi connectivity index (χ2v) is 8.85. The molecule has 2 fully saturated rings. The molecule has 2 atom stereocenters. The third kappa shape index (κ3) is 4.57. The zero-order valence-electron chi connectivity index (χ0n) is 17.8. The van der Waals surface area contributed by atoms with Gasteiger partial charge in [0.05, 0.1) is 5.52 Å². The van der Waals surface area contributed by atoms with Crippen molar-refractivity contribution in [1.82, 2.24) is 20.5 Å². The Morgan fingerprint density at radius 2 is 1.74 bits per heavy atom. The van der Waals surface area contributed by atoms with E-state index in [1.54, 1.807) is 0 Å². The predicted octanol–water partition coefficient (Wildman–Crippen LogP) is 4.27. The number of hydrogen-bond donors (Lipinski definition) is 2. The molecule has 3 aromatic rings. The first-order valence-corrected chi connectivity index (χ1v) is 11.4. The standard InChI is InChI=1S/C26H30N4O/c31-26(28-15-13-21-9-4-8-20-10-5-14-27-25(20)21)29-22-16-23-11-12-24(17-22)30(23)18-19-6-2-1-3-7-19/h1-10,14,22-24H,11-13,15-18H2,(H2,28,29,31). The molecule has 0 saturated carbocycles. The number of urea groups is 1. The lowest BCUT2D eigenvalue weighted by Crippen LogP contribution is -2.52. The highest BCUT2D eigenvalue weighted by Gasteiger charge is 2.40.